The summed E-state index contributed by atoms with van der Waals surface area (Å²) in [7, 11) is 0. The van der Waals surface area contributed by atoms with Gasteiger partial charge in [0.2, 0.25) is 0 Å². The van der Waals surface area contributed by atoms with Gasteiger partial charge in [-0.25, -0.2) is 15.0 Å². The molecule has 2 aromatic heterocycles. The van der Waals surface area contributed by atoms with Gasteiger partial charge in [-0.3, -0.25) is 0 Å². The van der Waals surface area contributed by atoms with Gasteiger partial charge < -0.3 is 5.73 Å². The molecule has 0 aromatic carbocycles. The van der Waals surface area contributed by atoms with Gasteiger partial charge in [-0.05, 0) is 6.07 Å². The molecule has 0 aliphatic heterocycles. The standard InChI is InChI=1S/C9H7ClN4/c1-2-5-3-6(10)14-8-7(5)12-4-13-9(8)11/h2-4H,1H2,(H2,11,12,13). The largest absolute Gasteiger partial charge is 0.382 e. The fraction of sp³-hybridized carbons (Fsp3) is 0. The van der Waals surface area contributed by atoms with Crippen molar-refractivity contribution in [3.8, 4) is 0 Å². The van der Waals surface area contributed by atoms with E-state index in [9.17, 15) is 0 Å². The number of aromatic nitrogens is 3. The highest BCUT2D eigenvalue weighted by Gasteiger charge is 2.06. The average molecular weight is 207 g/mol. The zero-order valence-electron chi connectivity index (χ0n) is 7.24. The van der Waals surface area contributed by atoms with E-state index in [0.717, 1.165) is 5.56 Å². The molecular weight excluding hydrogens is 200 g/mol. The van der Waals surface area contributed by atoms with Crippen LogP contribution in [0.25, 0.3) is 17.1 Å². The SMILES string of the molecule is C=Cc1cc(Cl)nc2c(N)ncnc12. The maximum atomic E-state index is 5.80. The minimum atomic E-state index is 0.320. The van der Waals surface area contributed by atoms with E-state index in [1.54, 1.807) is 12.1 Å². The minimum absolute atomic E-state index is 0.320. The number of rotatable bonds is 1. The predicted molar refractivity (Wildman–Crippen MR) is 56.8 cm³/mol. The van der Waals surface area contributed by atoms with Crippen LogP contribution in [0.2, 0.25) is 5.15 Å². The first-order valence-electron chi connectivity index (χ1n) is 3.91. The van der Waals surface area contributed by atoms with E-state index < -0.39 is 0 Å². The molecule has 0 amide bonds. The van der Waals surface area contributed by atoms with Crippen LogP contribution in [0.15, 0.2) is 19.0 Å². The molecule has 0 aliphatic rings. The third-order valence-electron chi connectivity index (χ3n) is 1.84. The maximum Gasteiger partial charge on any atom is 0.153 e. The van der Waals surface area contributed by atoms with E-state index >= 15 is 0 Å². The molecule has 2 heterocycles. The molecule has 4 nitrogen and oxygen atoms in total. The molecule has 0 spiro atoms. The zero-order chi connectivity index (χ0) is 10.1. The number of nitrogens with zero attached hydrogens (tertiary/aromatic N) is 3. The van der Waals surface area contributed by atoms with E-state index in [4.69, 9.17) is 17.3 Å². The summed E-state index contributed by atoms with van der Waals surface area (Å²) in [6, 6.07) is 1.68. The van der Waals surface area contributed by atoms with Crippen molar-refractivity contribution in [2.24, 2.45) is 0 Å². The zero-order valence-corrected chi connectivity index (χ0v) is 7.99. The third-order valence-corrected chi connectivity index (χ3v) is 2.03. The average Bonchev–Trinajstić information content (AvgIpc) is 2.18. The highest BCUT2D eigenvalue weighted by atomic mass is 35.5. The number of fused-ring (bicyclic) bond motifs is 1. The van der Waals surface area contributed by atoms with Crippen molar-refractivity contribution in [3.05, 3.63) is 29.7 Å². The smallest absolute Gasteiger partial charge is 0.153 e. The van der Waals surface area contributed by atoms with Gasteiger partial charge in [0.1, 0.15) is 22.5 Å². The van der Waals surface area contributed by atoms with Gasteiger partial charge in [-0.1, -0.05) is 24.3 Å². The highest BCUT2D eigenvalue weighted by Crippen LogP contribution is 2.22. The molecular formula is C9H7ClN4. The topological polar surface area (TPSA) is 64.7 Å². The number of nitrogens with two attached hydrogens (primary N) is 1. The van der Waals surface area contributed by atoms with Crippen molar-refractivity contribution in [2.75, 3.05) is 5.73 Å². The van der Waals surface area contributed by atoms with Gasteiger partial charge in [0, 0.05) is 5.56 Å². The Morgan fingerprint density at radius 1 is 1.36 bits per heavy atom. The second kappa shape index (κ2) is 3.23. The molecule has 0 saturated heterocycles. The van der Waals surface area contributed by atoms with Crippen molar-refractivity contribution in [1.82, 2.24) is 15.0 Å². The van der Waals surface area contributed by atoms with Gasteiger partial charge in [0.25, 0.3) is 0 Å². The molecule has 5 heteroatoms. The van der Waals surface area contributed by atoms with Crippen LogP contribution in [0.1, 0.15) is 5.56 Å². The van der Waals surface area contributed by atoms with Crippen LogP contribution in [-0.4, -0.2) is 15.0 Å². The number of halogens is 1. The Kier molecular flexibility index (Phi) is 2.05. The van der Waals surface area contributed by atoms with Crippen molar-refractivity contribution in [2.45, 2.75) is 0 Å². The lowest BCUT2D eigenvalue weighted by atomic mass is 10.2. The number of hydrogen-bond donors (Lipinski definition) is 1. The molecule has 70 valence electrons. The predicted octanol–water partition coefficient (Wildman–Crippen LogP) is 1.90. The van der Waals surface area contributed by atoms with Crippen LogP contribution in [0.5, 0.6) is 0 Å². The summed E-state index contributed by atoms with van der Waals surface area (Å²) in [5, 5.41) is 0.355. The van der Waals surface area contributed by atoms with Crippen molar-refractivity contribution in [3.63, 3.8) is 0 Å². The summed E-state index contributed by atoms with van der Waals surface area (Å²) in [6.45, 7) is 3.66. The van der Waals surface area contributed by atoms with E-state index in [0.29, 0.717) is 22.0 Å². The Hall–Kier alpha value is -1.68. The number of anilines is 1. The molecule has 0 aliphatic carbocycles. The highest BCUT2D eigenvalue weighted by molar-refractivity contribution is 6.30. The first kappa shape index (κ1) is 8.90. The Morgan fingerprint density at radius 2 is 2.14 bits per heavy atom. The van der Waals surface area contributed by atoms with Crippen LogP contribution in [0.4, 0.5) is 5.82 Å². The number of pyridine rings is 1. The molecule has 0 unspecified atom stereocenters. The maximum absolute atomic E-state index is 5.80. The molecule has 2 rings (SSSR count). The van der Waals surface area contributed by atoms with Gasteiger partial charge >= 0.3 is 0 Å². The normalized spacial score (nSPS) is 10.4. The van der Waals surface area contributed by atoms with Gasteiger partial charge in [0.05, 0.1) is 0 Å². The summed E-state index contributed by atoms with van der Waals surface area (Å²) >= 11 is 5.80. The second-order valence-corrected chi connectivity index (χ2v) is 3.08. The molecule has 2 N–H and O–H groups in total. The van der Waals surface area contributed by atoms with Gasteiger partial charge in [-0.2, -0.15) is 0 Å². The van der Waals surface area contributed by atoms with E-state index in [1.165, 1.54) is 6.33 Å². The fourth-order valence-corrected chi connectivity index (χ4v) is 1.41. The van der Waals surface area contributed by atoms with Crippen LogP contribution in [-0.2, 0) is 0 Å². The Labute approximate surface area is 85.5 Å². The summed E-state index contributed by atoms with van der Waals surface area (Å²) in [6.07, 6.45) is 3.04. The minimum Gasteiger partial charge on any atom is -0.382 e. The van der Waals surface area contributed by atoms with Crippen molar-refractivity contribution in [1.29, 1.82) is 0 Å². The van der Waals surface area contributed by atoms with Crippen molar-refractivity contribution < 1.29 is 0 Å². The Morgan fingerprint density at radius 3 is 2.86 bits per heavy atom. The van der Waals surface area contributed by atoms with E-state index in [2.05, 4.69) is 21.5 Å². The third kappa shape index (κ3) is 1.29. The lowest BCUT2D eigenvalue weighted by Gasteiger charge is -2.02. The summed E-state index contributed by atoms with van der Waals surface area (Å²) in [5.74, 6) is 0.320. The van der Waals surface area contributed by atoms with Crippen LogP contribution >= 0.6 is 11.6 Å². The molecule has 0 saturated carbocycles. The quantitative estimate of drug-likeness (QED) is 0.724. The number of nitrogen functional groups attached to an aromatic ring is 1. The molecule has 2 aromatic rings. The van der Waals surface area contributed by atoms with Crippen LogP contribution in [0, 0.1) is 0 Å². The van der Waals surface area contributed by atoms with Crippen molar-refractivity contribution >= 4 is 34.5 Å². The van der Waals surface area contributed by atoms with Crippen LogP contribution in [0.3, 0.4) is 0 Å². The van der Waals surface area contributed by atoms with E-state index in [-0.39, 0.29) is 0 Å². The molecule has 0 bridgehead atoms. The first-order chi connectivity index (χ1) is 6.72. The Bertz CT molecular complexity index is 509. The fourth-order valence-electron chi connectivity index (χ4n) is 1.21. The summed E-state index contributed by atoms with van der Waals surface area (Å²) in [4.78, 5) is 12.0. The van der Waals surface area contributed by atoms with Crippen LogP contribution < -0.4 is 5.73 Å². The lowest BCUT2D eigenvalue weighted by molar-refractivity contribution is 1.20. The van der Waals surface area contributed by atoms with Gasteiger partial charge in [0.15, 0.2) is 5.82 Å². The summed E-state index contributed by atoms with van der Waals surface area (Å²) in [5.41, 5.74) is 7.62. The monoisotopic (exact) mass is 206 g/mol. The first-order valence-corrected chi connectivity index (χ1v) is 4.29. The Balaban J connectivity index is 2.94. The molecule has 0 atom stereocenters. The van der Waals surface area contributed by atoms with E-state index in [1.807, 2.05) is 0 Å². The second-order valence-electron chi connectivity index (χ2n) is 2.69. The van der Waals surface area contributed by atoms with Gasteiger partial charge in [-0.15, -0.1) is 0 Å². The molecule has 14 heavy (non-hydrogen) atoms. The molecule has 0 radical (unpaired) electrons. The number of hydrogen-bond acceptors (Lipinski definition) is 4. The summed E-state index contributed by atoms with van der Waals surface area (Å²) < 4.78 is 0. The molecule has 0 fully saturated rings. The lowest BCUT2D eigenvalue weighted by Crippen LogP contribution is -1.97.